The second kappa shape index (κ2) is 16.5. The quantitative estimate of drug-likeness (QED) is 0.153. The van der Waals surface area contributed by atoms with Crippen LogP contribution in [0.5, 0.6) is 0 Å². The zero-order valence-electron chi connectivity index (χ0n) is 26.1. The molecule has 1 N–H and O–H groups in total. The third-order valence-corrected chi connectivity index (χ3v) is 10.5. The number of nitrogens with zero attached hydrogens (tertiary/aromatic N) is 3. The van der Waals surface area contributed by atoms with Gasteiger partial charge in [0, 0.05) is 31.1 Å². The second-order valence-corrected chi connectivity index (χ2v) is 14.6. The molecule has 0 spiro atoms. The van der Waals surface area contributed by atoms with Crippen LogP contribution < -0.4 is 10.4 Å². The van der Waals surface area contributed by atoms with Crippen LogP contribution in [0.4, 0.5) is 5.69 Å². The van der Waals surface area contributed by atoms with Gasteiger partial charge < -0.3 is 13.8 Å². The molecule has 0 radical (unpaired) electrons. The number of ether oxygens (including phenoxy) is 1. The summed E-state index contributed by atoms with van der Waals surface area (Å²) in [5.74, 6) is 0.479. The summed E-state index contributed by atoms with van der Waals surface area (Å²) in [4.78, 5) is 13.5. The lowest BCUT2D eigenvalue weighted by Crippen LogP contribution is -2.50. The van der Waals surface area contributed by atoms with Crippen molar-refractivity contribution in [2.75, 3.05) is 50.7 Å². The number of piperidine rings is 1. The molecule has 242 valence electrons. The zero-order chi connectivity index (χ0) is 31.7. The average Bonchev–Trinajstić information content (AvgIpc) is 3.43. The molecule has 0 bridgehead atoms. The minimum atomic E-state index is -3.05. The molecule has 0 aliphatic carbocycles. The predicted octanol–water partition coefficient (Wildman–Crippen LogP) is 7.84. The number of hydrogen-bond donors (Lipinski definition) is 1. The maximum atomic E-state index is 13.5. The molecule has 44 heavy (non-hydrogen) atoms. The molecule has 2 aliphatic rings. The van der Waals surface area contributed by atoms with Gasteiger partial charge in [-0.3, -0.25) is 19.8 Å². The van der Waals surface area contributed by atoms with Gasteiger partial charge in [-0.1, -0.05) is 61.3 Å². The fraction of sp³-hybridized carbons (Fsp3) is 0.562. The Balaban J connectivity index is 1.35. The van der Waals surface area contributed by atoms with Crippen LogP contribution in [0, 0.1) is 5.92 Å². The van der Waals surface area contributed by atoms with Crippen molar-refractivity contribution in [2.45, 2.75) is 65.3 Å². The Kier molecular flexibility index (Phi) is 13.1. The highest BCUT2D eigenvalue weighted by atomic mass is 35.5. The third kappa shape index (κ3) is 9.52. The number of nitrogens with one attached hydrogen (secondary N) is 1. The summed E-state index contributed by atoms with van der Waals surface area (Å²) in [5.41, 5.74) is 6.54. The standard InChI is InChI=1S/C32H45Cl2N4O5P/c1-5-42-44(40,43-6-2)18-8-17-41-22-24-9-7-16-37(21-24)36-32(39)29-20-31(26-12-10-25(11-13-26)23(3)4)38(35-29)30-15-14-27(33)19-28(30)34/h10-15,19,23-24,31H,5-9,16-18,20-22H2,1-4H3,(H,36,39). The Hall–Kier alpha value is -1.97. The van der Waals surface area contributed by atoms with Gasteiger partial charge in [-0.2, -0.15) is 5.10 Å². The van der Waals surface area contributed by atoms with E-state index in [-0.39, 0.29) is 17.9 Å². The number of rotatable bonds is 15. The number of anilines is 1. The molecule has 0 aromatic heterocycles. The Morgan fingerprint density at radius 1 is 1.11 bits per heavy atom. The summed E-state index contributed by atoms with van der Waals surface area (Å²) < 4.78 is 29.3. The molecular weight excluding hydrogens is 622 g/mol. The number of carbonyl (C=O) groups is 1. The molecule has 2 aromatic carbocycles. The predicted molar refractivity (Wildman–Crippen MR) is 178 cm³/mol. The van der Waals surface area contributed by atoms with E-state index >= 15 is 0 Å². The average molecular weight is 668 g/mol. The van der Waals surface area contributed by atoms with Crippen molar-refractivity contribution in [1.82, 2.24) is 10.4 Å². The number of carbonyl (C=O) groups excluding carboxylic acids is 1. The monoisotopic (exact) mass is 666 g/mol. The smallest absolute Gasteiger partial charge is 0.330 e. The summed E-state index contributed by atoms with van der Waals surface area (Å²) in [6.07, 6.45) is 3.34. The summed E-state index contributed by atoms with van der Waals surface area (Å²) in [5, 5.41) is 9.59. The Morgan fingerprint density at radius 2 is 1.84 bits per heavy atom. The van der Waals surface area contributed by atoms with E-state index in [2.05, 4.69) is 43.5 Å². The third-order valence-electron chi connectivity index (χ3n) is 7.82. The number of benzene rings is 2. The summed E-state index contributed by atoms with van der Waals surface area (Å²) in [7, 11) is -3.05. The minimum Gasteiger partial charge on any atom is -0.381 e. The van der Waals surface area contributed by atoms with E-state index in [1.165, 1.54) is 5.56 Å². The molecule has 1 amide bonds. The van der Waals surface area contributed by atoms with Gasteiger partial charge in [0.2, 0.25) is 0 Å². The van der Waals surface area contributed by atoms with Crippen LogP contribution >= 0.6 is 30.8 Å². The summed E-state index contributed by atoms with van der Waals surface area (Å²) in [6.45, 7) is 11.1. The molecule has 1 saturated heterocycles. The minimum absolute atomic E-state index is 0.182. The zero-order valence-corrected chi connectivity index (χ0v) is 28.5. The van der Waals surface area contributed by atoms with Crippen LogP contribution in [0.1, 0.15) is 76.5 Å². The number of hydrazone groups is 1. The van der Waals surface area contributed by atoms with Gasteiger partial charge in [0.15, 0.2) is 0 Å². The molecule has 2 atom stereocenters. The fourth-order valence-electron chi connectivity index (χ4n) is 5.58. The molecule has 4 rings (SSSR count). The fourth-order valence-corrected chi connectivity index (χ4v) is 7.71. The largest absolute Gasteiger partial charge is 0.381 e. The Bertz CT molecular complexity index is 1320. The number of amides is 1. The lowest BCUT2D eigenvalue weighted by atomic mass is 9.96. The van der Waals surface area contributed by atoms with Crippen LogP contribution in [0.15, 0.2) is 47.6 Å². The van der Waals surface area contributed by atoms with Crippen LogP contribution in [0.25, 0.3) is 0 Å². The molecule has 2 aromatic rings. The maximum Gasteiger partial charge on any atom is 0.330 e. The molecule has 9 nitrogen and oxygen atoms in total. The Morgan fingerprint density at radius 3 is 2.50 bits per heavy atom. The normalized spacial score (nSPS) is 19.4. The summed E-state index contributed by atoms with van der Waals surface area (Å²) in [6, 6.07) is 13.6. The lowest BCUT2D eigenvalue weighted by Gasteiger charge is -2.32. The van der Waals surface area contributed by atoms with Gasteiger partial charge in [-0.25, -0.2) is 5.01 Å². The first kappa shape index (κ1) is 34.9. The first-order valence-corrected chi connectivity index (χ1v) is 18.0. The number of halogens is 2. The van der Waals surface area contributed by atoms with Crippen LogP contribution in [0.2, 0.25) is 10.0 Å². The first-order chi connectivity index (χ1) is 21.1. The van der Waals surface area contributed by atoms with E-state index in [1.807, 2.05) is 29.9 Å². The SMILES string of the molecule is CCOP(=O)(CCCOCC1CCCN(NC(=O)C2=NN(c3ccc(Cl)cc3Cl)C(c3ccc(C(C)C)cc3)C2)C1)OCC. The highest BCUT2D eigenvalue weighted by molar-refractivity contribution is 7.53. The van der Waals surface area contributed by atoms with E-state index in [4.69, 9.17) is 42.1 Å². The molecule has 0 saturated carbocycles. The molecular formula is C32H45Cl2N4O5P. The van der Waals surface area contributed by atoms with Crippen molar-refractivity contribution in [3.8, 4) is 0 Å². The van der Waals surface area contributed by atoms with Crippen molar-refractivity contribution >= 4 is 48.1 Å². The van der Waals surface area contributed by atoms with Crippen molar-refractivity contribution in [3.05, 3.63) is 63.6 Å². The lowest BCUT2D eigenvalue weighted by molar-refractivity contribution is -0.120. The molecule has 2 unspecified atom stereocenters. The Labute approximate surface area is 271 Å². The van der Waals surface area contributed by atoms with E-state index < -0.39 is 7.60 Å². The van der Waals surface area contributed by atoms with Crippen molar-refractivity contribution in [3.63, 3.8) is 0 Å². The molecule has 1 fully saturated rings. The molecule has 2 aliphatic heterocycles. The van der Waals surface area contributed by atoms with E-state index in [9.17, 15) is 9.36 Å². The van der Waals surface area contributed by atoms with E-state index in [1.54, 1.807) is 12.1 Å². The highest BCUT2D eigenvalue weighted by Crippen LogP contribution is 2.48. The van der Waals surface area contributed by atoms with Gasteiger partial charge in [0.25, 0.3) is 5.91 Å². The number of hydrazine groups is 1. The molecule has 12 heteroatoms. The van der Waals surface area contributed by atoms with Gasteiger partial charge in [-0.05, 0) is 74.3 Å². The first-order valence-electron chi connectivity index (χ1n) is 15.6. The van der Waals surface area contributed by atoms with Crippen LogP contribution in [-0.4, -0.2) is 62.3 Å². The van der Waals surface area contributed by atoms with E-state index in [0.29, 0.717) is 79.3 Å². The van der Waals surface area contributed by atoms with Crippen LogP contribution in [0.3, 0.4) is 0 Å². The van der Waals surface area contributed by atoms with Gasteiger partial charge in [0.1, 0.15) is 5.71 Å². The number of hydrogen-bond acceptors (Lipinski definition) is 8. The highest BCUT2D eigenvalue weighted by Gasteiger charge is 2.34. The van der Waals surface area contributed by atoms with Crippen molar-refractivity contribution in [2.24, 2.45) is 11.0 Å². The topological polar surface area (TPSA) is 92.7 Å². The van der Waals surface area contributed by atoms with Gasteiger partial charge >= 0.3 is 7.60 Å². The van der Waals surface area contributed by atoms with Crippen LogP contribution in [-0.2, 0) is 23.1 Å². The van der Waals surface area contributed by atoms with Crippen molar-refractivity contribution in [1.29, 1.82) is 0 Å². The second-order valence-electron chi connectivity index (χ2n) is 11.5. The molecule has 2 heterocycles. The maximum absolute atomic E-state index is 13.5. The van der Waals surface area contributed by atoms with Crippen molar-refractivity contribution < 1.29 is 23.1 Å². The van der Waals surface area contributed by atoms with E-state index in [0.717, 1.165) is 24.9 Å². The van der Waals surface area contributed by atoms with Gasteiger partial charge in [-0.15, -0.1) is 0 Å². The summed E-state index contributed by atoms with van der Waals surface area (Å²) >= 11 is 12.8. The van der Waals surface area contributed by atoms with Gasteiger partial charge in [0.05, 0.1) is 42.7 Å².